The molecule has 22 heavy (non-hydrogen) atoms. The van der Waals surface area contributed by atoms with Crippen LogP contribution in [0.4, 0.5) is 0 Å². The lowest BCUT2D eigenvalue weighted by atomic mass is 10.2. The number of carbonyl (C=O) groups excluding carboxylic acids is 2. The number of halogens is 1. The molecule has 0 saturated heterocycles. The Labute approximate surface area is 135 Å². The predicted molar refractivity (Wildman–Crippen MR) is 83.7 cm³/mol. The zero-order valence-electron chi connectivity index (χ0n) is 11.6. The van der Waals surface area contributed by atoms with Gasteiger partial charge in [-0.05, 0) is 36.4 Å². The summed E-state index contributed by atoms with van der Waals surface area (Å²) in [6.45, 7) is 0. The molecule has 2 rings (SSSR count). The molecule has 0 bridgehead atoms. The van der Waals surface area contributed by atoms with E-state index < -0.39 is 11.8 Å². The first-order valence-corrected chi connectivity index (χ1v) is 7.04. The Morgan fingerprint density at radius 3 is 2.27 bits per heavy atom. The molecule has 0 spiro atoms. The van der Waals surface area contributed by atoms with Gasteiger partial charge in [0.25, 0.3) is 11.8 Å². The summed E-state index contributed by atoms with van der Waals surface area (Å²) in [4.78, 5) is 23.8. The Morgan fingerprint density at radius 1 is 1.05 bits per heavy atom. The summed E-state index contributed by atoms with van der Waals surface area (Å²) in [6.07, 6.45) is 0. The average molecular weight is 365 g/mol. The third-order valence-electron chi connectivity index (χ3n) is 2.85. The molecule has 0 atom stereocenters. The van der Waals surface area contributed by atoms with Crippen LogP contribution in [0.1, 0.15) is 20.7 Å². The van der Waals surface area contributed by atoms with Gasteiger partial charge in [-0.15, -0.1) is 0 Å². The molecule has 0 heterocycles. The molecule has 0 unspecified atom stereocenters. The summed E-state index contributed by atoms with van der Waals surface area (Å²) in [7, 11) is 1.45. The number of hydrogen-bond donors (Lipinski definition) is 3. The van der Waals surface area contributed by atoms with Gasteiger partial charge in [0.1, 0.15) is 11.5 Å². The fraction of sp³-hybridized carbons (Fsp3) is 0.0667. The fourth-order valence-electron chi connectivity index (χ4n) is 1.68. The third-order valence-corrected chi connectivity index (χ3v) is 3.37. The highest BCUT2D eigenvalue weighted by molar-refractivity contribution is 9.10. The second-order valence-corrected chi connectivity index (χ2v) is 5.21. The predicted octanol–water partition coefficient (Wildman–Crippen LogP) is 2.24. The highest BCUT2D eigenvalue weighted by atomic mass is 79.9. The van der Waals surface area contributed by atoms with Crippen LogP contribution in [0.3, 0.4) is 0 Å². The number of benzene rings is 2. The SMILES string of the molecule is COc1ccc(C(=O)NNC(=O)c2ccc(Br)cc2)c(O)c1. The van der Waals surface area contributed by atoms with Crippen molar-refractivity contribution in [2.45, 2.75) is 0 Å². The van der Waals surface area contributed by atoms with E-state index in [1.165, 1.54) is 25.3 Å². The first-order valence-electron chi connectivity index (χ1n) is 6.24. The summed E-state index contributed by atoms with van der Waals surface area (Å²) in [5.41, 5.74) is 4.93. The Balaban J connectivity index is 2.00. The molecular weight excluding hydrogens is 352 g/mol. The second kappa shape index (κ2) is 6.95. The topological polar surface area (TPSA) is 87.7 Å². The van der Waals surface area contributed by atoms with E-state index in [1.807, 2.05) is 0 Å². The monoisotopic (exact) mass is 364 g/mol. The number of amides is 2. The smallest absolute Gasteiger partial charge is 0.273 e. The van der Waals surface area contributed by atoms with Crippen LogP contribution >= 0.6 is 15.9 Å². The van der Waals surface area contributed by atoms with Crippen LogP contribution in [-0.2, 0) is 0 Å². The summed E-state index contributed by atoms with van der Waals surface area (Å²) < 4.78 is 5.77. The normalized spacial score (nSPS) is 9.91. The number of methoxy groups -OCH3 is 1. The Morgan fingerprint density at radius 2 is 1.68 bits per heavy atom. The van der Waals surface area contributed by atoms with Crippen LogP contribution < -0.4 is 15.6 Å². The highest BCUT2D eigenvalue weighted by Gasteiger charge is 2.13. The molecule has 0 saturated carbocycles. The maximum Gasteiger partial charge on any atom is 0.273 e. The number of phenols is 1. The van der Waals surface area contributed by atoms with Gasteiger partial charge in [0.15, 0.2) is 0 Å². The van der Waals surface area contributed by atoms with Crippen molar-refractivity contribution in [3.05, 3.63) is 58.1 Å². The van der Waals surface area contributed by atoms with Crippen LogP contribution in [0.2, 0.25) is 0 Å². The quantitative estimate of drug-likeness (QED) is 0.728. The molecule has 7 heteroatoms. The largest absolute Gasteiger partial charge is 0.507 e. The lowest BCUT2D eigenvalue weighted by Crippen LogP contribution is -2.41. The molecule has 0 radical (unpaired) electrons. The first kappa shape index (κ1) is 15.8. The minimum Gasteiger partial charge on any atom is -0.507 e. The third kappa shape index (κ3) is 3.76. The number of carbonyl (C=O) groups is 2. The lowest BCUT2D eigenvalue weighted by Gasteiger charge is -2.09. The van der Waals surface area contributed by atoms with Gasteiger partial charge in [-0.25, -0.2) is 0 Å². The molecule has 2 amide bonds. The summed E-state index contributed by atoms with van der Waals surface area (Å²) in [5.74, 6) is -0.915. The lowest BCUT2D eigenvalue weighted by molar-refractivity contribution is 0.0845. The standard InChI is InChI=1S/C15H13BrN2O4/c1-22-11-6-7-12(13(19)8-11)15(21)18-17-14(20)9-2-4-10(16)5-3-9/h2-8,19H,1H3,(H,17,20)(H,18,21). The molecule has 2 aromatic rings. The van der Waals surface area contributed by atoms with Crippen molar-refractivity contribution >= 4 is 27.7 Å². The number of rotatable bonds is 3. The van der Waals surface area contributed by atoms with Crippen LogP contribution in [0, 0.1) is 0 Å². The molecule has 0 aliphatic rings. The Bertz CT molecular complexity index is 701. The highest BCUT2D eigenvalue weighted by Crippen LogP contribution is 2.23. The molecule has 0 fully saturated rings. The van der Waals surface area contributed by atoms with Gasteiger partial charge < -0.3 is 9.84 Å². The second-order valence-electron chi connectivity index (χ2n) is 4.30. The number of hydrazine groups is 1. The summed E-state index contributed by atoms with van der Waals surface area (Å²) in [6, 6.07) is 10.9. The molecule has 0 aliphatic heterocycles. The van der Waals surface area contributed by atoms with E-state index in [1.54, 1.807) is 24.3 Å². The molecule has 114 valence electrons. The van der Waals surface area contributed by atoms with Gasteiger partial charge >= 0.3 is 0 Å². The van der Waals surface area contributed by atoms with Crippen LogP contribution in [0.15, 0.2) is 46.9 Å². The number of hydrogen-bond acceptors (Lipinski definition) is 4. The van der Waals surface area contributed by atoms with Crippen molar-refractivity contribution in [3.8, 4) is 11.5 Å². The number of nitrogens with one attached hydrogen (secondary N) is 2. The van der Waals surface area contributed by atoms with Crippen molar-refractivity contribution in [3.63, 3.8) is 0 Å². The van der Waals surface area contributed by atoms with Gasteiger partial charge in [-0.2, -0.15) is 0 Å². The van der Waals surface area contributed by atoms with E-state index in [-0.39, 0.29) is 11.3 Å². The summed E-state index contributed by atoms with van der Waals surface area (Å²) in [5, 5.41) is 9.75. The zero-order chi connectivity index (χ0) is 16.1. The molecule has 2 aromatic carbocycles. The van der Waals surface area contributed by atoms with Crippen LogP contribution in [0.5, 0.6) is 11.5 Å². The molecule has 0 aromatic heterocycles. The van der Waals surface area contributed by atoms with E-state index in [0.717, 1.165) is 4.47 Å². The minimum atomic E-state index is -0.634. The number of phenolic OH excluding ortho intramolecular Hbond substituents is 1. The average Bonchev–Trinajstić information content (AvgIpc) is 2.52. The number of ether oxygens (including phenoxy) is 1. The minimum absolute atomic E-state index is 0.0249. The maximum atomic E-state index is 11.9. The van der Waals surface area contributed by atoms with E-state index in [9.17, 15) is 14.7 Å². The van der Waals surface area contributed by atoms with Gasteiger partial charge in [0, 0.05) is 16.1 Å². The van der Waals surface area contributed by atoms with E-state index in [2.05, 4.69) is 26.8 Å². The Hall–Kier alpha value is -2.54. The maximum absolute atomic E-state index is 11.9. The van der Waals surface area contributed by atoms with Gasteiger partial charge in [-0.1, -0.05) is 15.9 Å². The van der Waals surface area contributed by atoms with Gasteiger partial charge in [-0.3, -0.25) is 20.4 Å². The molecule has 6 nitrogen and oxygen atoms in total. The van der Waals surface area contributed by atoms with Crippen molar-refractivity contribution in [2.75, 3.05) is 7.11 Å². The fourth-order valence-corrected chi connectivity index (χ4v) is 1.95. The van der Waals surface area contributed by atoms with Crippen molar-refractivity contribution < 1.29 is 19.4 Å². The molecule has 0 aliphatic carbocycles. The van der Waals surface area contributed by atoms with E-state index in [0.29, 0.717) is 11.3 Å². The van der Waals surface area contributed by atoms with E-state index in [4.69, 9.17) is 4.74 Å². The van der Waals surface area contributed by atoms with Gasteiger partial charge in [0.05, 0.1) is 12.7 Å². The van der Waals surface area contributed by atoms with Crippen LogP contribution in [0.25, 0.3) is 0 Å². The Kier molecular flexibility index (Phi) is 5.00. The van der Waals surface area contributed by atoms with E-state index >= 15 is 0 Å². The van der Waals surface area contributed by atoms with Crippen LogP contribution in [-0.4, -0.2) is 24.0 Å². The number of aromatic hydroxyl groups is 1. The van der Waals surface area contributed by atoms with Crippen molar-refractivity contribution in [1.29, 1.82) is 0 Å². The van der Waals surface area contributed by atoms with Crippen molar-refractivity contribution in [2.24, 2.45) is 0 Å². The van der Waals surface area contributed by atoms with Crippen molar-refractivity contribution in [1.82, 2.24) is 10.9 Å². The summed E-state index contributed by atoms with van der Waals surface area (Å²) >= 11 is 3.27. The molecule has 3 N–H and O–H groups in total. The first-order chi connectivity index (χ1) is 10.5. The zero-order valence-corrected chi connectivity index (χ0v) is 13.2. The molecular formula is C15H13BrN2O4. The van der Waals surface area contributed by atoms with Gasteiger partial charge in [0.2, 0.25) is 0 Å².